The van der Waals surface area contributed by atoms with Gasteiger partial charge in [0.25, 0.3) is 11.5 Å². The van der Waals surface area contributed by atoms with E-state index in [1.165, 1.54) is 16.2 Å². The number of amides is 1. The van der Waals surface area contributed by atoms with Crippen molar-refractivity contribution < 1.29 is 9.90 Å². The molecule has 0 spiro atoms. The molecule has 0 bridgehead atoms. The van der Waals surface area contributed by atoms with Gasteiger partial charge in [-0.15, -0.1) is 0 Å². The molecule has 0 aliphatic carbocycles. The quantitative estimate of drug-likeness (QED) is 0.313. The lowest BCUT2D eigenvalue weighted by Gasteiger charge is -2.23. The third kappa shape index (κ3) is 4.32. The third-order valence-corrected chi connectivity index (χ3v) is 6.50. The maximum atomic E-state index is 13.2. The highest BCUT2D eigenvalue weighted by Crippen LogP contribution is 2.38. The van der Waals surface area contributed by atoms with Crippen LogP contribution in [0.5, 0.6) is 0 Å². The topological polar surface area (TPSA) is 86.9 Å². The summed E-state index contributed by atoms with van der Waals surface area (Å²) >= 11 is 6.68. The maximum absolute atomic E-state index is 13.2. The standard InChI is InChI=1S/C23H22N4O3S2/c1-15(16-8-3-2-4-9-16)27-22(30)18(32-23(27)31)14-17-20(24-11-7-13-28)25-19-10-5-6-12-26(19)21(17)29/h2-6,8-10,12,14-15,24,28H,7,11,13H2,1H3/b18-14+/t15-/m0/s1. The summed E-state index contributed by atoms with van der Waals surface area (Å²) in [6.07, 6.45) is 3.71. The van der Waals surface area contributed by atoms with Gasteiger partial charge in [-0.3, -0.25) is 18.9 Å². The van der Waals surface area contributed by atoms with Gasteiger partial charge in [-0.25, -0.2) is 4.98 Å². The zero-order valence-corrected chi connectivity index (χ0v) is 19.0. The Bertz CT molecular complexity index is 1260. The Morgan fingerprint density at radius 3 is 2.69 bits per heavy atom. The van der Waals surface area contributed by atoms with Crippen LogP contribution in [0.1, 0.15) is 30.5 Å². The van der Waals surface area contributed by atoms with Gasteiger partial charge in [0.15, 0.2) is 0 Å². The van der Waals surface area contributed by atoms with Gasteiger partial charge in [0.1, 0.15) is 15.8 Å². The molecule has 1 aliphatic heterocycles. The summed E-state index contributed by atoms with van der Waals surface area (Å²) in [4.78, 5) is 33.0. The first-order chi connectivity index (χ1) is 15.5. The molecular formula is C23H22N4O3S2. The van der Waals surface area contributed by atoms with E-state index in [9.17, 15) is 9.59 Å². The van der Waals surface area contributed by atoms with Gasteiger partial charge in [-0.1, -0.05) is 60.4 Å². The molecule has 164 valence electrons. The van der Waals surface area contributed by atoms with Crippen LogP contribution in [0.3, 0.4) is 0 Å². The van der Waals surface area contributed by atoms with Crippen molar-refractivity contribution in [1.29, 1.82) is 0 Å². The zero-order valence-electron chi connectivity index (χ0n) is 17.4. The molecule has 0 radical (unpaired) electrons. The first-order valence-electron chi connectivity index (χ1n) is 10.2. The van der Waals surface area contributed by atoms with Gasteiger partial charge in [-0.2, -0.15) is 0 Å². The Morgan fingerprint density at radius 2 is 1.94 bits per heavy atom. The zero-order chi connectivity index (χ0) is 22.7. The summed E-state index contributed by atoms with van der Waals surface area (Å²) in [5.41, 5.74) is 1.46. The molecule has 1 saturated heterocycles. The molecule has 0 saturated carbocycles. The number of rotatable bonds is 7. The molecule has 1 aromatic carbocycles. The molecular weight excluding hydrogens is 444 g/mol. The van der Waals surface area contributed by atoms with Crippen molar-refractivity contribution in [2.24, 2.45) is 0 Å². The van der Waals surface area contributed by atoms with Gasteiger partial charge >= 0.3 is 0 Å². The Morgan fingerprint density at radius 1 is 1.19 bits per heavy atom. The number of carbonyl (C=O) groups excluding carboxylic acids is 1. The summed E-state index contributed by atoms with van der Waals surface area (Å²) in [5.74, 6) is 0.131. The SMILES string of the molecule is C[C@@H](c1ccccc1)N1C(=O)/C(=C\c2c(NCCCO)nc3ccccn3c2=O)SC1=S. The highest BCUT2D eigenvalue weighted by Gasteiger charge is 2.36. The molecule has 32 heavy (non-hydrogen) atoms. The van der Waals surface area contributed by atoms with Gasteiger partial charge in [0, 0.05) is 19.3 Å². The molecule has 1 amide bonds. The van der Waals surface area contributed by atoms with Crippen LogP contribution < -0.4 is 10.9 Å². The molecule has 3 heterocycles. The number of aromatic nitrogens is 2. The van der Waals surface area contributed by atoms with E-state index in [0.29, 0.717) is 33.7 Å². The molecule has 0 unspecified atom stereocenters. The number of carbonyl (C=O) groups is 1. The highest BCUT2D eigenvalue weighted by atomic mass is 32.2. The average molecular weight is 467 g/mol. The largest absolute Gasteiger partial charge is 0.396 e. The number of nitrogens with one attached hydrogen (secondary N) is 1. The van der Waals surface area contributed by atoms with E-state index >= 15 is 0 Å². The lowest BCUT2D eigenvalue weighted by atomic mass is 10.1. The van der Waals surface area contributed by atoms with Crippen molar-refractivity contribution in [2.75, 3.05) is 18.5 Å². The fourth-order valence-electron chi connectivity index (χ4n) is 3.48. The number of hydrogen-bond acceptors (Lipinski definition) is 7. The van der Waals surface area contributed by atoms with Crippen molar-refractivity contribution in [3.63, 3.8) is 0 Å². The number of thiocarbonyl (C=S) groups is 1. The lowest BCUT2D eigenvalue weighted by Crippen LogP contribution is -2.31. The molecule has 1 atom stereocenters. The first kappa shape index (κ1) is 22.2. The Balaban J connectivity index is 1.74. The summed E-state index contributed by atoms with van der Waals surface area (Å²) in [5, 5.41) is 12.2. The van der Waals surface area contributed by atoms with E-state index in [4.69, 9.17) is 17.3 Å². The summed E-state index contributed by atoms with van der Waals surface area (Å²) in [6, 6.07) is 14.7. The predicted octanol–water partition coefficient (Wildman–Crippen LogP) is 3.45. The second kappa shape index (κ2) is 9.64. The van der Waals surface area contributed by atoms with E-state index < -0.39 is 0 Å². The van der Waals surface area contributed by atoms with Crippen LogP contribution in [0.4, 0.5) is 5.82 Å². The molecule has 4 rings (SSSR count). The van der Waals surface area contributed by atoms with Crippen LogP contribution in [0.25, 0.3) is 11.7 Å². The minimum Gasteiger partial charge on any atom is -0.396 e. The van der Waals surface area contributed by atoms with Crippen LogP contribution in [-0.2, 0) is 4.79 Å². The fourth-order valence-corrected chi connectivity index (χ4v) is 4.88. The number of hydrogen-bond donors (Lipinski definition) is 2. The van der Waals surface area contributed by atoms with Gasteiger partial charge in [-0.05, 0) is 37.1 Å². The molecule has 2 N–H and O–H groups in total. The third-order valence-electron chi connectivity index (χ3n) is 5.16. The lowest BCUT2D eigenvalue weighted by molar-refractivity contribution is -0.123. The van der Waals surface area contributed by atoms with Crippen LogP contribution in [0, 0.1) is 0 Å². The smallest absolute Gasteiger partial charge is 0.267 e. The van der Waals surface area contributed by atoms with Crippen molar-refractivity contribution in [1.82, 2.24) is 14.3 Å². The van der Waals surface area contributed by atoms with Crippen molar-refractivity contribution in [3.05, 3.63) is 81.1 Å². The highest BCUT2D eigenvalue weighted by molar-refractivity contribution is 8.26. The Hall–Kier alpha value is -3.01. The number of pyridine rings is 1. The second-order valence-electron chi connectivity index (χ2n) is 7.25. The molecule has 3 aromatic rings. The average Bonchev–Trinajstić information content (AvgIpc) is 3.09. The predicted molar refractivity (Wildman–Crippen MR) is 132 cm³/mol. The number of anilines is 1. The van der Waals surface area contributed by atoms with Crippen LogP contribution in [-0.4, -0.2) is 42.8 Å². The second-order valence-corrected chi connectivity index (χ2v) is 8.93. The Kier molecular flexibility index (Phi) is 6.69. The fraction of sp³-hybridized carbons (Fsp3) is 0.217. The molecule has 1 aliphatic rings. The number of nitrogens with zero attached hydrogens (tertiary/aromatic N) is 3. The molecule has 2 aromatic heterocycles. The van der Waals surface area contributed by atoms with Gasteiger partial charge < -0.3 is 10.4 Å². The van der Waals surface area contributed by atoms with Crippen LogP contribution in [0.2, 0.25) is 0 Å². The number of fused-ring (bicyclic) bond motifs is 1. The van der Waals surface area contributed by atoms with Crippen molar-refractivity contribution >= 4 is 51.7 Å². The minimum absolute atomic E-state index is 0.0188. The number of thioether (sulfide) groups is 1. The number of aliphatic hydroxyl groups is 1. The monoisotopic (exact) mass is 466 g/mol. The summed E-state index contributed by atoms with van der Waals surface area (Å²) < 4.78 is 1.89. The first-order valence-corrected chi connectivity index (χ1v) is 11.4. The number of benzene rings is 1. The van der Waals surface area contributed by atoms with E-state index in [2.05, 4.69) is 10.3 Å². The normalized spacial score (nSPS) is 16.2. The van der Waals surface area contributed by atoms with Crippen LogP contribution in [0.15, 0.2) is 64.4 Å². The number of aliphatic hydroxyl groups excluding tert-OH is 1. The minimum atomic E-state index is -0.288. The van der Waals surface area contributed by atoms with Crippen LogP contribution >= 0.6 is 24.0 Å². The molecule has 1 fully saturated rings. The van der Waals surface area contributed by atoms with Gasteiger partial charge in [0.05, 0.1) is 16.5 Å². The van der Waals surface area contributed by atoms with E-state index in [0.717, 1.165) is 5.56 Å². The van der Waals surface area contributed by atoms with E-state index in [-0.39, 0.29) is 29.7 Å². The van der Waals surface area contributed by atoms with Gasteiger partial charge in [0.2, 0.25) is 0 Å². The Labute approximate surface area is 194 Å². The summed E-state index contributed by atoms with van der Waals surface area (Å²) in [7, 11) is 0. The summed E-state index contributed by atoms with van der Waals surface area (Å²) in [6.45, 7) is 2.39. The molecule has 7 nitrogen and oxygen atoms in total. The maximum Gasteiger partial charge on any atom is 0.267 e. The van der Waals surface area contributed by atoms with E-state index in [1.54, 1.807) is 35.4 Å². The van der Waals surface area contributed by atoms with Crippen molar-refractivity contribution in [3.8, 4) is 0 Å². The van der Waals surface area contributed by atoms with E-state index in [1.807, 2.05) is 37.3 Å². The van der Waals surface area contributed by atoms with Crippen molar-refractivity contribution in [2.45, 2.75) is 19.4 Å². The molecule has 9 heteroatoms.